The monoisotopic (exact) mass is 355 g/mol. The SMILES string of the molecule is CC(C)(CC(=O)NO)c1cc(F)c(Oc2ccc(Cl)cc2)c(F)c1. The molecule has 0 spiro atoms. The van der Waals surface area contributed by atoms with Crippen LogP contribution in [0.15, 0.2) is 36.4 Å². The molecule has 0 bridgehead atoms. The fraction of sp³-hybridized carbons (Fsp3) is 0.235. The zero-order valence-corrected chi connectivity index (χ0v) is 13.8. The highest BCUT2D eigenvalue weighted by Crippen LogP contribution is 2.34. The van der Waals surface area contributed by atoms with Gasteiger partial charge in [0.25, 0.3) is 0 Å². The van der Waals surface area contributed by atoms with Crippen LogP contribution in [0.1, 0.15) is 25.8 Å². The Morgan fingerprint density at radius 3 is 2.25 bits per heavy atom. The number of hydrogen-bond donors (Lipinski definition) is 2. The van der Waals surface area contributed by atoms with Crippen LogP contribution < -0.4 is 10.2 Å². The first kappa shape index (κ1) is 18.2. The molecule has 2 N–H and O–H groups in total. The lowest BCUT2D eigenvalue weighted by atomic mass is 9.81. The van der Waals surface area contributed by atoms with Gasteiger partial charge in [0.15, 0.2) is 17.4 Å². The van der Waals surface area contributed by atoms with Crippen LogP contribution >= 0.6 is 11.6 Å². The first-order valence-corrected chi connectivity index (χ1v) is 7.46. The van der Waals surface area contributed by atoms with Gasteiger partial charge in [0, 0.05) is 11.4 Å². The van der Waals surface area contributed by atoms with Crippen molar-refractivity contribution in [3.63, 3.8) is 0 Å². The number of halogens is 3. The molecule has 1 amide bonds. The Hall–Kier alpha value is -2.18. The summed E-state index contributed by atoms with van der Waals surface area (Å²) in [7, 11) is 0. The van der Waals surface area contributed by atoms with E-state index in [2.05, 4.69) is 0 Å². The minimum Gasteiger partial charge on any atom is -0.451 e. The third-order valence-electron chi connectivity index (χ3n) is 3.54. The van der Waals surface area contributed by atoms with Crippen LogP contribution in [0.3, 0.4) is 0 Å². The molecule has 0 saturated carbocycles. The predicted octanol–water partition coefficient (Wildman–Crippen LogP) is 4.58. The summed E-state index contributed by atoms with van der Waals surface area (Å²) in [5.74, 6) is -2.73. The Balaban J connectivity index is 2.31. The van der Waals surface area contributed by atoms with Gasteiger partial charge < -0.3 is 4.74 Å². The number of rotatable bonds is 5. The highest BCUT2D eigenvalue weighted by molar-refractivity contribution is 6.30. The van der Waals surface area contributed by atoms with Crippen LogP contribution in [0.4, 0.5) is 8.78 Å². The lowest BCUT2D eigenvalue weighted by Crippen LogP contribution is -2.29. The number of hydroxylamine groups is 1. The van der Waals surface area contributed by atoms with Crippen molar-refractivity contribution in [1.29, 1.82) is 0 Å². The molecule has 0 aliphatic heterocycles. The standard InChI is InChI=1S/C17H16ClF2NO3/c1-17(2,9-15(22)21-23)10-7-13(19)16(14(20)8-10)24-12-5-3-11(18)4-6-12/h3-8,23H,9H2,1-2H3,(H,21,22). The van der Waals surface area contributed by atoms with Crippen molar-refractivity contribution in [3.8, 4) is 11.5 Å². The summed E-state index contributed by atoms with van der Waals surface area (Å²) < 4.78 is 33.8. The van der Waals surface area contributed by atoms with Gasteiger partial charge in [-0.25, -0.2) is 14.3 Å². The summed E-state index contributed by atoms with van der Waals surface area (Å²) in [6, 6.07) is 8.28. The van der Waals surface area contributed by atoms with Crippen molar-refractivity contribution >= 4 is 17.5 Å². The minimum absolute atomic E-state index is 0.139. The Morgan fingerprint density at radius 1 is 1.21 bits per heavy atom. The Bertz CT molecular complexity index is 725. The highest BCUT2D eigenvalue weighted by atomic mass is 35.5. The fourth-order valence-corrected chi connectivity index (χ4v) is 2.34. The molecule has 2 aromatic rings. The van der Waals surface area contributed by atoms with E-state index in [1.807, 2.05) is 0 Å². The van der Waals surface area contributed by atoms with Crippen LogP contribution in [-0.4, -0.2) is 11.1 Å². The van der Waals surface area contributed by atoms with Gasteiger partial charge >= 0.3 is 0 Å². The van der Waals surface area contributed by atoms with E-state index < -0.39 is 28.7 Å². The second-order valence-corrected chi connectivity index (χ2v) is 6.36. The molecule has 2 aromatic carbocycles. The summed E-state index contributed by atoms with van der Waals surface area (Å²) in [5.41, 5.74) is 0.893. The van der Waals surface area contributed by atoms with Gasteiger partial charge in [-0.05, 0) is 47.4 Å². The van der Waals surface area contributed by atoms with Crippen molar-refractivity contribution in [2.45, 2.75) is 25.7 Å². The van der Waals surface area contributed by atoms with Crippen LogP contribution in [0.25, 0.3) is 0 Å². The summed E-state index contributed by atoms with van der Waals surface area (Å²) in [6.07, 6.45) is -0.139. The molecule has 0 aromatic heterocycles. The maximum Gasteiger partial charge on any atom is 0.244 e. The molecule has 0 unspecified atom stereocenters. The van der Waals surface area contributed by atoms with Crippen LogP contribution in [0, 0.1) is 11.6 Å². The molecule has 128 valence electrons. The van der Waals surface area contributed by atoms with E-state index in [-0.39, 0.29) is 17.7 Å². The normalized spacial score (nSPS) is 11.2. The highest BCUT2D eigenvalue weighted by Gasteiger charge is 2.27. The van der Waals surface area contributed by atoms with Crippen molar-refractivity contribution in [2.24, 2.45) is 0 Å². The van der Waals surface area contributed by atoms with Crippen LogP contribution in [-0.2, 0) is 10.2 Å². The van der Waals surface area contributed by atoms with Gasteiger partial charge in [0.2, 0.25) is 5.91 Å². The van der Waals surface area contributed by atoms with Gasteiger partial charge in [-0.2, -0.15) is 0 Å². The molecule has 0 atom stereocenters. The van der Waals surface area contributed by atoms with E-state index in [4.69, 9.17) is 21.5 Å². The molecular formula is C17H16ClF2NO3. The van der Waals surface area contributed by atoms with E-state index >= 15 is 0 Å². The van der Waals surface area contributed by atoms with E-state index in [0.717, 1.165) is 12.1 Å². The maximum atomic E-state index is 14.3. The van der Waals surface area contributed by atoms with E-state index in [1.165, 1.54) is 29.7 Å². The number of ether oxygens (including phenoxy) is 1. The average Bonchev–Trinajstić information content (AvgIpc) is 2.52. The first-order chi connectivity index (χ1) is 11.2. The van der Waals surface area contributed by atoms with Gasteiger partial charge in [0.05, 0.1) is 0 Å². The van der Waals surface area contributed by atoms with Crippen molar-refractivity contribution in [2.75, 3.05) is 0 Å². The summed E-state index contributed by atoms with van der Waals surface area (Å²) in [6.45, 7) is 3.27. The minimum atomic E-state index is -0.891. The topological polar surface area (TPSA) is 58.6 Å². The smallest absolute Gasteiger partial charge is 0.244 e. The molecule has 0 fully saturated rings. The lowest BCUT2D eigenvalue weighted by molar-refractivity contribution is -0.130. The second kappa shape index (κ2) is 7.15. The summed E-state index contributed by atoms with van der Waals surface area (Å²) in [4.78, 5) is 11.3. The van der Waals surface area contributed by atoms with E-state index in [0.29, 0.717) is 5.02 Å². The predicted molar refractivity (Wildman–Crippen MR) is 85.5 cm³/mol. The first-order valence-electron chi connectivity index (χ1n) is 7.09. The number of amides is 1. The van der Waals surface area contributed by atoms with Gasteiger partial charge in [-0.15, -0.1) is 0 Å². The number of carbonyl (C=O) groups excluding carboxylic acids is 1. The third kappa shape index (κ3) is 4.21. The molecule has 0 radical (unpaired) electrons. The maximum absolute atomic E-state index is 14.3. The Morgan fingerprint density at radius 2 is 1.75 bits per heavy atom. The Labute approximate surface area is 143 Å². The van der Waals surface area contributed by atoms with Gasteiger partial charge in [0.1, 0.15) is 5.75 Å². The largest absolute Gasteiger partial charge is 0.451 e. The van der Waals surface area contributed by atoms with Crippen molar-refractivity contribution in [3.05, 3.63) is 58.6 Å². The van der Waals surface area contributed by atoms with Gasteiger partial charge in [-0.3, -0.25) is 10.0 Å². The molecule has 7 heteroatoms. The van der Waals surface area contributed by atoms with Crippen molar-refractivity contribution < 1.29 is 23.5 Å². The van der Waals surface area contributed by atoms with E-state index in [9.17, 15) is 13.6 Å². The number of benzene rings is 2. The summed E-state index contributed by atoms with van der Waals surface area (Å²) in [5, 5.41) is 9.08. The van der Waals surface area contributed by atoms with Crippen molar-refractivity contribution in [1.82, 2.24) is 5.48 Å². The quantitative estimate of drug-likeness (QED) is 0.609. The molecule has 0 saturated heterocycles. The number of nitrogens with one attached hydrogen (secondary N) is 1. The molecule has 24 heavy (non-hydrogen) atoms. The molecular weight excluding hydrogens is 340 g/mol. The molecule has 0 aliphatic rings. The average molecular weight is 356 g/mol. The number of carbonyl (C=O) groups is 1. The summed E-state index contributed by atoms with van der Waals surface area (Å²) >= 11 is 5.75. The molecule has 4 nitrogen and oxygen atoms in total. The zero-order valence-electron chi connectivity index (χ0n) is 13.1. The van der Waals surface area contributed by atoms with Crippen LogP contribution in [0.5, 0.6) is 11.5 Å². The van der Waals surface area contributed by atoms with Gasteiger partial charge in [-0.1, -0.05) is 25.4 Å². The fourth-order valence-electron chi connectivity index (χ4n) is 2.21. The van der Waals surface area contributed by atoms with E-state index in [1.54, 1.807) is 13.8 Å². The lowest BCUT2D eigenvalue weighted by Gasteiger charge is -2.24. The molecule has 0 heterocycles. The molecule has 0 aliphatic carbocycles. The second-order valence-electron chi connectivity index (χ2n) is 5.92. The third-order valence-corrected chi connectivity index (χ3v) is 3.79. The zero-order chi connectivity index (χ0) is 17.9. The van der Waals surface area contributed by atoms with Crippen LogP contribution in [0.2, 0.25) is 5.02 Å². The molecule has 2 rings (SSSR count). The number of hydrogen-bond acceptors (Lipinski definition) is 3. The Kier molecular flexibility index (Phi) is 5.41.